The van der Waals surface area contributed by atoms with E-state index < -0.39 is 0 Å². The molecule has 1 aromatic carbocycles. The summed E-state index contributed by atoms with van der Waals surface area (Å²) in [6, 6.07) is 5.60. The van der Waals surface area contributed by atoms with Gasteiger partial charge in [0.25, 0.3) is 5.56 Å². The Balaban J connectivity index is 1.76. The Morgan fingerprint density at radius 3 is 2.65 bits per heavy atom. The van der Waals surface area contributed by atoms with E-state index in [4.69, 9.17) is 4.52 Å². The van der Waals surface area contributed by atoms with E-state index in [1.54, 1.807) is 6.07 Å². The Labute approximate surface area is 151 Å². The number of hydrogen-bond donors (Lipinski definition) is 2. The average molecular weight is 353 g/mol. The molecule has 2 N–H and O–H groups in total. The second kappa shape index (κ2) is 7.15. The molecule has 3 rings (SSSR count). The second-order valence-electron chi connectivity index (χ2n) is 6.52. The number of nitrogens with zero attached hydrogens (tertiary/aromatic N) is 1. The van der Waals surface area contributed by atoms with Crippen molar-refractivity contribution in [2.75, 3.05) is 5.32 Å². The summed E-state index contributed by atoms with van der Waals surface area (Å²) in [5.74, 6) is 0.661. The van der Waals surface area contributed by atoms with Crippen molar-refractivity contribution >= 4 is 22.5 Å². The van der Waals surface area contributed by atoms with Gasteiger partial charge in [-0.1, -0.05) is 18.1 Å². The Morgan fingerprint density at radius 1 is 1.23 bits per heavy atom. The van der Waals surface area contributed by atoms with Crippen molar-refractivity contribution in [1.29, 1.82) is 0 Å². The molecule has 0 atom stereocenters. The average Bonchev–Trinajstić information content (AvgIpc) is 2.91. The monoisotopic (exact) mass is 353 g/mol. The van der Waals surface area contributed by atoms with Crippen molar-refractivity contribution in [3.8, 4) is 0 Å². The van der Waals surface area contributed by atoms with Gasteiger partial charge in [-0.2, -0.15) is 0 Å². The van der Waals surface area contributed by atoms with Gasteiger partial charge < -0.3 is 14.8 Å². The molecule has 0 aliphatic carbocycles. The van der Waals surface area contributed by atoms with E-state index >= 15 is 0 Å². The van der Waals surface area contributed by atoms with Gasteiger partial charge in [0.2, 0.25) is 5.91 Å². The molecule has 0 spiro atoms. The Kier molecular flexibility index (Phi) is 4.93. The Morgan fingerprint density at radius 2 is 2.00 bits per heavy atom. The molecular formula is C20H23N3O3. The van der Waals surface area contributed by atoms with Crippen LogP contribution in [0, 0.1) is 20.8 Å². The first-order valence-corrected chi connectivity index (χ1v) is 8.77. The predicted octanol–water partition coefficient (Wildman–Crippen LogP) is 3.58. The van der Waals surface area contributed by atoms with Crippen LogP contribution in [0.4, 0.5) is 5.69 Å². The smallest absolute Gasteiger partial charge is 0.251 e. The second-order valence-corrected chi connectivity index (χ2v) is 6.52. The van der Waals surface area contributed by atoms with Gasteiger partial charge in [0.05, 0.1) is 11.2 Å². The first kappa shape index (κ1) is 17.9. The maximum Gasteiger partial charge on any atom is 0.251 e. The van der Waals surface area contributed by atoms with Crippen LogP contribution in [0.1, 0.15) is 41.5 Å². The van der Waals surface area contributed by atoms with Crippen LogP contribution in [-0.2, 0) is 17.6 Å². The first-order chi connectivity index (χ1) is 12.4. The van der Waals surface area contributed by atoms with Gasteiger partial charge in [0.15, 0.2) is 0 Å². The molecule has 0 radical (unpaired) electrons. The number of anilines is 1. The molecule has 0 fully saturated rings. The fraction of sp³-hybridized carbons (Fsp3) is 0.350. The Bertz CT molecular complexity index is 1010. The standard InChI is InChI=1S/C20H23N3O3/c1-5-15-11(2)16-7-6-14(10-18(16)22-20(15)25)21-19(24)9-8-17-12(3)23-26-13(17)4/h6-7,10H,5,8-9H2,1-4H3,(H,21,24)(H,22,25). The van der Waals surface area contributed by atoms with E-state index in [0.717, 1.165) is 39.0 Å². The van der Waals surface area contributed by atoms with Crippen LogP contribution in [0.3, 0.4) is 0 Å². The molecule has 2 heterocycles. The van der Waals surface area contributed by atoms with Gasteiger partial charge in [0.1, 0.15) is 5.76 Å². The first-order valence-electron chi connectivity index (χ1n) is 8.77. The van der Waals surface area contributed by atoms with Crippen molar-refractivity contribution in [2.45, 2.75) is 47.0 Å². The van der Waals surface area contributed by atoms with Crippen molar-refractivity contribution in [3.63, 3.8) is 0 Å². The van der Waals surface area contributed by atoms with Crippen molar-refractivity contribution < 1.29 is 9.32 Å². The zero-order valence-corrected chi connectivity index (χ0v) is 15.5. The summed E-state index contributed by atoms with van der Waals surface area (Å²) in [5, 5.41) is 7.79. The van der Waals surface area contributed by atoms with E-state index in [1.165, 1.54) is 0 Å². The highest BCUT2D eigenvalue weighted by Crippen LogP contribution is 2.22. The zero-order valence-electron chi connectivity index (χ0n) is 15.5. The largest absolute Gasteiger partial charge is 0.361 e. The number of hydrogen-bond acceptors (Lipinski definition) is 4. The summed E-state index contributed by atoms with van der Waals surface area (Å²) >= 11 is 0. The number of aryl methyl sites for hydroxylation is 3. The van der Waals surface area contributed by atoms with Crippen molar-refractivity contribution in [1.82, 2.24) is 10.1 Å². The third-order valence-electron chi connectivity index (χ3n) is 4.82. The number of pyridine rings is 1. The molecule has 0 aliphatic rings. The molecule has 26 heavy (non-hydrogen) atoms. The van der Waals surface area contributed by atoms with E-state index in [9.17, 15) is 9.59 Å². The van der Waals surface area contributed by atoms with Crippen molar-refractivity contribution in [2.24, 2.45) is 0 Å². The predicted molar refractivity (Wildman–Crippen MR) is 102 cm³/mol. The lowest BCUT2D eigenvalue weighted by Crippen LogP contribution is -2.15. The Hall–Kier alpha value is -2.89. The number of H-pyrrole nitrogens is 1. The molecule has 1 amide bonds. The highest BCUT2D eigenvalue weighted by molar-refractivity contribution is 5.94. The van der Waals surface area contributed by atoms with Gasteiger partial charge in [0, 0.05) is 28.6 Å². The number of nitrogens with one attached hydrogen (secondary N) is 2. The third-order valence-corrected chi connectivity index (χ3v) is 4.82. The normalized spacial score (nSPS) is 11.1. The highest BCUT2D eigenvalue weighted by Gasteiger charge is 2.12. The summed E-state index contributed by atoms with van der Waals surface area (Å²) in [6.45, 7) is 7.64. The highest BCUT2D eigenvalue weighted by atomic mass is 16.5. The zero-order chi connectivity index (χ0) is 18.8. The molecule has 0 saturated carbocycles. The lowest BCUT2D eigenvalue weighted by atomic mass is 10.0. The molecule has 0 unspecified atom stereocenters. The maximum absolute atomic E-state index is 12.3. The number of fused-ring (bicyclic) bond motifs is 1. The number of aromatic amines is 1. The summed E-state index contributed by atoms with van der Waals surface area (Å²) in [6.07, 6.45) is 1.61. The van der Waals surface area contributed by atoms with Gasteiger partial charge in [-0.3, -0.25) is 9.59 Å². The van der Waals surface area contributed by atoms with Gasteiger partial charge >= 0.3 is 0 Å². The van der Waals surface area contributed by atoms with E-state index in [1.807, 2.05) is 39.8 Å². The van der Waals surface area contributed by atoms with Gasteiger partial charge in [-0.05, 0) is 51.3 Å². The number of carbonyl (C=O) groups is 1. The molecule has 3 aromatic rings. The molecule has 2 aromatic heterocycles. The molecule has 0 saturated heterocycles. The number of aromatic nitrogens is 2. The summed E-state index contributed by atoms with van der Waals surface area (Å²) < 4.78 is 5.12. The number of amides is 1. The summed E-state index contributed by atoms with van der Waals surface area (Å²) in [5.41, 5.74) is 4.91. The quantitative estimate of drug-likeness (QED) is 0.734. The fourth-order valence-corrected chi connectivity index (χ4v) is 3.33. The molecule has 6 nitrogen and oxygen atoms in total. The van der Waals surface area contributed by atoms with E-state index in [0.29, 0.717) is 24.9 Å². The van der Waals surface area contributed by atoms with E-state index in [-0.39, 0.29) is 11.5 Å². The van der Waals surface area contributed by atoms with Gasteiger partial charge in [-0.15, -0.1) is 0 Å². The van der Waals surface area contributed by atoms with Crippen molar-refractivity contribution in [3.05, 3.63) is 56.7 Å². The maximum atomic E-state index is 12.3. The van der Waals surface area contributed by atoms with Crippen LogP contribution in [0.15, 0.2) is 27.5 Å². The molecule has 136 valence electrons. The summed E-state index contributed by atoms with van der Waals surface area (Å²) in [4.78, 5) is 27.3. The van der Waals surface area contributed by atoms with Crippen LogP contribution < -0.4 is 10.9 Å². The third kappa shape index (κ3) is 3.40. The van der Waals surface area contributed by atoms with E-state index in [2.05, 4.69) is 15.5 Å². The topological polar surface area (TPSA) is 88.0 Å². The van der Waals surface area contributed by atoms with Crippen LogP contribution in [0.5, 0.6) is 0 Å². The van der Waals surface area contributed by atoms with Crippen LogP contribution in [0.25, 0.3) is 10.9 Å². The minimum Gasteiger partial charge on any atom is -0.361 e. The molecule has 0 bridgehead atoms. The SMILES string of the molecule is CCc1c(C)c2ccc(NC(=O)CCc3c(C)noc3C)cc2[nH]c1=O. The molecular weight excluding hydrogens is 330 g/mol. The van der Waals surface area contributed by atoms with Gasteiger partial charge in [-0.25, -0.2) is 0 Å². The lowest BCUT2D eigenvalue weighted by molar-refractivity contribution is -0.116. The lowest BCUT2D eigenvalue weighted by Gasteiger charge is -2.10. The minimum absolute atomic E-state index is 0.0700. The molecule has 0 aliphatic heterocycles. The number of benzene rings is 1. The number of rotatable bonds is 5. The fourth-order valence-electron chi connectivity index (χ4n) is 3.33. The van der Waals surface area contributed by atoms with Crippen LogP contribution in [0.2, 0.25) is 0 Å². The van der Waals surface area contributed by atoms with Crippen LogP contribution in [-0.4, -0.2) is 16.0 Å². The summed E-state index contributed by atoms with van der Waals surface area (Å²) in [7, 11) is 0. The van der Waals surface area contributed by atoms with Crippen LogP contribution >= 0.6 is 0 Å². The minimum atomic E-state index is -0.0893. The number of carbonyl (C=O) groups excluding carboxylic acids is 1. The molecule has 6 heteroatoms.